The third-order valence-electron chi connectivity index (χ3n) is 8.20. The Morgan fingerprint density at radius 2 is 1.46 bits per heavy atom. The molecule has 2 aliphatic heterocycles. The molecule has 0 saturated carbocycles. The summed E-state index contributed by atoms with van der Waals surface area (Å²) in [6.07, 6.45) is 3.82. The fraction of sp³-hybridized carbons (Fsp3) is 0.206. The maximum Gasteiger partial charge on any atom is 0.231 e. The SMILES string of the molecule is COc1ccc2c(CC(c3ccc(Cl)cc3)c3ccc(Cl)cc3)c3[n+](cc2c1OC)CCc1cc2c(cc1-3)OCO2. The molecule has 7 rings (SSSR count). The molecule has 41 heavy (non-hydrogen) atoms. The van der Waals surface area contributed by atoms with E-state index in [4.69, 9.17) is 42.1 Å². The number of benzene rings is 4. The second-order valence-electron chi connectivity index (χ2n) is 10.4. The number of rotatable bonds is 6. The van der Waals surface area contributed by atoms with E-state index >= 15 is 0 Å². The predicted octanol–water partition coefficient (Wildman–Crippen LogP) is 7.78. The molecular formula is C34H28Cl2NO4+. The molecule has 0 bridgehead atoms. The number of aryl methyl sites for hydroxylation is 2. The van der Waals surface area contributed by atoms with Gasteiger partial charge in [-0.15, -0.1) is 0 Å². The van der Waals surface area contributed by atoms with Crippen molar-refractivity contribution >= 4 is 34.0 Å². The fourth-order valence-electron chi connectivity index (χ4n) is 6.24. The number of methoxy groups -OCH3 is 2. The number of aromatic nitrogens is 1. The Kier molecular flexibility index (Phi) is 6.64. The highest BCUT2D eigenvalue weighted by Crippen LogP contribution is 2.45. The lowest BCUT2D eigenvalue weighted by molar-refractivity contribution is -0.686. The summed E-state index contributed by atoms with van der Waals surface area (Å²) < 4.78 is 25.5. The monoisotopic (exact) mass is 584 g/mol. The topological polar surface area (TPSA) is 40.8 Å². The largest absolute Gasteiger partial charge is 0.493 e. The average molecular weight is 586 g/mol. The highest BCUT2D eigenvalue weighted by Gasteiger charge is 2.33. The fourth-order valence-corrected chi connectivity index (χ4v) is 6.49. The summed E-state index contributed by atoms with van der Waals surface area (Å²) in [7, 11) is 3.37. The van der Waals surface area contributed by atoms with Gasteiger partial charge in [-0.2, -0.15) is 4.57 Å². The first kappa shape index (κ1) is 26.0. The molecule has 0 aliphatic carbocycles. The third-order valence-corrected chi connectivity index (χ3v) is 8.70. The lowest BCUT2D eigenvalue weighted by atomic mass is 9.82. The summed E-state index contributed by atoms with van der Waals surface area (Å²) in [6, 6.07) is 24.7. The van der Waals surface area contributed by atoms with Crippen LogP contribution in [0.5, 0.6) is 23.0 Å². The summed E-state index contributed by atoms with van der Waals surface area (Å²) in [5, 5.41) is 3.56. The first-order valence-electron chi connectivity index (χ1n) is 13.6. The van der Waals surface area contributed by atoms with Crippen LogP contribution in [0.4, 0.5) is 0 Å². The number of halogens is 2. The van der Waals surface area contributed by atoms with E-state index in [1.807, 2.05) is 30.3 Å². The summed E-state index contributed by atoms with van der Waals surface area (Å²) in [5.41, 5.74) is 7.17. The van der Waals surface area contributed by atoms with Gasteiger partial charge in [0.1, 0.15) is 0 Å². The molecule has 0 atom stereocenters. The Labute approximate surface area is 248 Å². The van der Waals surface area contributed by atoms with E-state index in [2.05, 4.69) is 53.2 Å². The highest BCUT2D eigenvalue weighted by molar-refractivity contribution is 6.30. The van der Waals surface area contributed by atoms with Crippen LogP contribution in [0.15, 0.2) is 79.0 Å². The first-order chi connectivity index (χ1) is 20.0. The molecule has 0 unspecified atom stereocenters. The molecule has 4 aromatic carbocycles. The predicted molar refractivity (Wildman–Crippen MR) is 161 cm³/mol. The van der Waals surface area contributed by atoms with Gasteiger partial charge in [0.15, 0.2) is 35.7 Å². The second-order valence-corrected chi connectivity index (χ2v) is 11.3. The summed E-state index contributed by atoms with van der Waals surface area (Å²) in [6.45, 7) is 1.08. The van der Waals surface area contributed by atoms with Crippen molar-refractivity contribution in [2.24, 2.45) is 0 Å². The Hall–Kier alpha value is -3.93. The maximum atomic E-state index is 6.31. The number of hydrogen-bond acceptors (Lipinski definition) is 4. The van der Waals surface area contributed by atoms with Crippen molar-refractivity contribution in [1.29, 1.82) is 0 Å². The standard InChI is InChI=1S/C34H28Cl2NO4/c1-38-30-12-11-25-28(16-26(20-3-7-23(35)8-4-20)21-5-9-24(36)10-6-21)33-27-17-32-31(40-19-41-32)15-22(27)13-14-37(33)18-29(25)34(30)39-2/h3-12,15,17-18,26H,13-14,16,19H2,1-2H3/q+1. The van der Waals surface area contributed by atoms with Crippen LogP contribution in [0.25, 0.3) is 22.0 Å². The molecule has 7 heteroatoms. The minimum absolute atomic E-state index is 0.0484. The molecule has 0 fully saturated rings. The van der Waals surface area contributed by atoms with Gasteiger partial charge in [-0.1, -0.05) is 47.5 Å². The minimum Gasteiger partial charge on any atom is -0.493 e. The van der Waals surface area contributed by atoms with Crippen LogP contribution in [0.1, 0.15) is 28.2 Å². The number of hydrogen-bond donors (Lipinski definition) is 0. The molecule has 0 spiro atoms. The van der Waals surface area contributed by atoms with E-state index in [1.165, 1.54) is 27.9 Å². The number of nitrogens with zero attached hydrogens (tertiary/aromatic N) is 1. The van der Waals surface area contributed by atoms with E-state index in [1.54, 1.807) is 14.2 Å². The van der Waals surface area contributed by atoms with Crippen molar-refractivity contribution in [3.05, 3.63) is 111 Å². The minimum atomic E-state index is 0.0484. The zero-order valence-electron chi connectivity index (χ0n) is 22.7. The number of ether oxygens (including phenoxy) is 4. The van der Waals surface area contributed by atoms with Gasteiger partial charge in [0, 0.05) is 33.3 Å². The van der Waals surface area contributed by atoms with Crippen molar-refractivity contribution in [3.8, 4) is 34.3 Å². The summed E-state index contributed by atoms with van der Waals surface area (Å²) in [5.74, 6) is 3.08. The van der Waals surface area contributed by atoms with Crippen LogP contribution in [-0.4, -0.2) is 21.0 Å². The van der Waals surface area contributed by atoms with Crippen molar-refractivity contribution in [2.45, 2.75) is 25.3 Å². The van der Waals surface area contributed by atoms with Gasteiger partial charge in [0.05, 0.1) is 25.2 Å². The number of pyridine rings is 1. The van der Waals surface area contributed by atoms with E-state index in [-0.39, 0.29) is 12.7 Å². The Morgan fingerprint density at radius 3 is 2.10 bits per heavy atom. The van der Waals surface area contributed by atoms with Gasteiger partial charge >= 0.3 is 0 Å². The van der Waals surface area contributed by atoms with Crippen LogP contribution in [-0.2, 0) is 19.4 Å². The molecule has 0 radical (unpaired) electrons. The molecule has 206 valence electrons. The van der Waals surface area contributed by atoms with Crippen molar-refractivity contribution in [1.82, 2.24) is 0 Å². The van der Waals surface area contributed by atoms with Gasteiger partial charge in [-0.25, -0.2) is 0 Å². The van der Waals surface area contributed by atoms with Gasteiger partial charge in [-0.05, 0) is 71.6 Å². The molecule has 5 aromatic rings. The summed E-state index contributed by atoms with van der Waals surface area (Å²) in [4.78, 5) is 0. The molecule has 5 nitrogen and oxygen atoms in total. The van der Waals surface area contributed by atoms with Gasteiger partial charge in [0.2, 0.25) is 12.5 Å². The highest BCUT2D eigenvalue weighted by atomic mass is 35.5. The molecule has 0 amide bonds. The van der Waals surface area contributed by atoms with Crippen molar-refractivity contribution in [2.75, 3.05) is 21.0 Å². The maximum absolute atomic E-state index is 6.31. The smallest absolute Gasteiger partial charge is 0.231 e. The Balaban J connectivity index is 1.50. The van der Waals surface area contributed by atoms with Crippen LogP contribution in [0.3, 0.4) is 0 Å². The van der Waals surface area contributed by atoms with E-state index in [0.717, 1.165) is 53.0 Å². The molecule has 0 saturated heterocycles. The van der Waals surface area contributed by atoms with Gasteiger partial charge in [-0.3, -0.25) is 0 Å². The molecule has 0 N–H and O–H groups in total. The lowest BCUT2D eigenvalue weighted by Gasteiger charge is -2.24. The van der Waals surface area contributed by atoms with Gasteiger partial charge in [0.25, 0.3) is 0 Å². The molecule has 2 aliphatic rings. The Morgan fingerprint density at radius 1 is 0.805 bits per heavy atom. The van der Waals surface area contributed by atoms with Crippen LogP contribution in [0, 0.1) is 0 Å². The van der Waals surface area contributed by atoms with Crippen LogP contribution < -0.4 is 23.5 Å². The zero-order valence-corrected chi connectivity index (χ0v) is 24.3. The molecule has 3 heterocycles. The molecular weight excluding hydrogens is 557 g/mol. The van der Waals surface area contributed by atoms with Crippen molar-refractivity contribution < 1.29 is 23.5 Å². The summed E-state index contributed by atoms with van der Waals surface area (Å²) >= 11 is 12.6. The average Bonchev–Trinajstić information content (AvgIpc) is 3.46. The quantitative estimate of drug-likeness (QED) is 0.191. The molecule has 1 aromatic heterocycles. The third kappa shape index (κ3) is 4.54. The van der Waals surface area contributed by atoms with E-state index in [9.17, 15) is 0 Å². The lowest BCUT2D eigenvalue weighted by Crippen LogP contribution is -2.41. The van der Waals surface area contributed by atoms with Crippen molar-refractivity contribution in [3.63, 3.8) is 0 Å². The Bertz CT molecular complexity index is 1740. The van der Waals surface area contributed by atoms with Crippen LogP contribution >= 0.6 is 23.2 Å². The normalized spacial score (nSPS) is 13.3. The van der Waals surface area contributed by atoms with E-state index in [0.29, 0.717) is 15.8 Å². The first-order valence-corrected chi connectivity index (χ1v) is 14.3. The van der Waals surface area contributed by atoms with E-state index < -0.39 is 0 Å². The second kappa shape index (κ2) is 10.5. The zero-order chi connectivity index (χ0) is 28.1. The van der Waals surface area contributed by atoms with Gasteiger partial charge < -0.3 is 18.9 Å². The number of fused-ring (bicyclic) bond motifs is 5. The van der Waals surface area contributed by atoms with Crippen LogP contribution in [0.2, 0.25) is 10.0 Å².